The van der Waals surface area contributed by atoms with Gasteiger partial charge in [0.2, 0.25) is 0 Å². The molecule has 2 N–H and O–H groups in total. The average Bonchev–Trinajstić information content (AvgIpc) is 3.11. The number of H-pyrrole nitrogens is 1. The first-order chi connectivity index (χ1) is 13.9. The lowest BCUT2D eigenvalue weighted by molar-refractivity contribution is 0.0951. The third kappa shape index (κ3) is 4.11. The molecule has 0 unspecified atom stereocenters. The van der Waals surface area contributed by atoms with Gasteiger partial charge in [-0.1, -0.05) is 46.7 Å². The van der Waals surface area contributed by atoms with Crippen LogP contribution in [0.4, 0.5) is 0 Å². The van der Waals surface area contributed by atoms with Crippen LogP contribution in [-0.4, -0.2) is 20.4 Å². The lowest BCUT2D eigenvalue weighted by Gasteiger charge is -2.08. The Morgan fingerprint density at radius 1 is 1.24 bits per heavy atom. The molecule has 4 rings (SSSR count). The van der Waals surface area contributed by atoms with Crippen LogP contribution in [0.2, 0.25) is 9.36 Å². The predicted molar refractivity (Wildman–Crippen MR) is 118 cm³/mol. The first-order valence-corrected chi connectivity index (χ1v) is 10.3. The van der Waals surface area contributed by atoms with Crippen molar-refractivity contribution in [3.63, 3.8) is 0 Å². The monoisotopic (exact) mass is 462 g/mol. The normalized spacial score (nSPS) is 11.0. The quantitative estimate of drug-likeness (QED) is 0.429. The van der Waals surface area contributed by atoms with Crippen molar-refractivity contribution >= 4 is 63.6 Å². The molecule has 29 heavy (non-hydrogen) atoms. The Labute approximate surface area is 183 Å². The van der Waals surface area contributed by atoms with E-state index in [1.807, 2.05) is 12.1 Å². The standard InChI is InChI=1S/C19H12Cl2N4O2S2/c20-12-3-1-2-10(6-12)8-22-16(26)11-4-5-13-14(7-11)24-18(28)25(17(13)27)19-23-9-15(21)29-19/h1-7,9H,8H2,(H,22,26)(H,24,28). The van der Waals surface area contributed by atoms with Crippen LogP contribution in [-0.2, 0) is 6.54 Å². The highest BCUT2D eigenvalue weighted by atomic mass is 35.5. The molecule has 0 aliphatic heterocycles. The molecule has 2 aromatic carbocycles. The number of hydrogen-bond donors (Lipinski definition) is 2. The predicted octanol–water partition coefficient (Wildman–Crippen LogP) is 4.74. The van der Waals surface area contributed by atoms with Crippen molar-refractivity contribution < 1.29 is 4.79 Å². The number of nitrogens with one attached hydrogen (secondary N) is 2. The molecule has 10 heteroatoms. The first-order valence-electron chi connectivity index (χ1n) is 8.36. The van der Waals surface area contributed by atoms with Crippen LogP contribution in [0, 0.1) is 4.77 Å². The summed E-state index contributed by atoms with van der Waals surface area (Å²) in [6.07, 6.45) is 1.46. The van der Waals surface area contributed by atoms with Gasteiger partial charge in [0.15, 0.2) is 9.90 Å². The van der Waals surface area contributed by atoms with E-state index < -0.39 is 0 Å². The zero-order chi connectivity index (χ0) is 20.5. The van der Waals surface area contributed by atoms with E-state index in [0.29, 0.717) is 37.5 Å². The SMILES string of the molecule is O=C(NCc1cccc(Cl)c1)c1ccc2c(=O)n(-c3ncc(Cl)s3)c(=S)[nH]c2c1. The van der Waals surface area contributed by atoms with Crippen molar-refractivity contribution in [3.8, 4) is 5.13 Å². The van der Waals surface area contributed by atoms with Crippen molar-refractivity contribution in [1.29, 1.82) is 0 Å². The minimum absolute atomic E-state index is 0.171. The van der Waals surface area contributed by atoms with Gasteiger partial charge < -0.3 is 10.3 Å². The number of rotatable bonds is 4. The Kier molecular flexibility index (Phi) is 5.51. The average molecular weight is 463 g/mol. The van der Waals surface area contributed by atoms with Crippen LogP contribution in [0.15, 0.2) is 53.5 Å². The van der Waals surface area contributed by atoms with Gasteiger partial charge in [-0.05, 0) is 48.1 Å². The number of halogens is 2. The third-order valence-corrected chi connectivity index (χ3v) is 5.78. The van der Waals surface area contributed by atoms with Crippen molar-refractivity contribution in [2.75, 3.05) is 0 Å². The second-order valence-electron chi connectivity index (χ2n) is 6.09. The molecule has 0 bridgehead atoms. The number of benzene rings is 2. The number of thiazole rings is 1. The van der Waals surface area contributed by atoms with Crippen molar-refractivity contribution in [1.82, 2.24) is 19.9 Å². The van der Waals surface area contributed by atoms with Crippen LogP contribution in [0.5, 0.6) is 0 Å². The molecule has 2 heterocycles. The zero-order valence-corrected chi connectivity index (χ0v) is 17.8. The van der Waals surface area contributed by atoms with Gasteiger partial charge in [-0.15, -0.1) is 0 Å². The van der Waals surface area contributed by atoms with Crippen LogP contribution >= 0.6 is 46.8 Å². The molecule has 0 saturated carbocycles. The fourth-order valence-electron chi connectivity index (χ4n) is 2.81. The van der Waals surface area contributed by atoms with Gasteiger partial charge >= 0.3 is 0 Å². The van der Waals surface area contributed by atoms with Crippen LogP contribution < -0.4 is 10.9 Å². The van der Waals surface area contributed by atoms with Gasteiger partial charge in [-0.3, -0.25) is 9.59 Å². The largest absolute Gasteiger partial charge is 0.348 e. The molecule has 1 amide bonds. The molecular formula is C19H12Cl2N4O2S2. The van der Waals surface area contributed by atoms with Crippen molar-refractivity contribution in [2.24, 2.45) is 0 Å². The maximum Gasteiger partial charge on any atom is 0.268 e. The molecule has 0 spiro atoms. The molecular weight excluding hydrogens is 451 g/mol. The number of fused-ring (bicyclic) bond motifs is 1. The van der Waals surface area contributed by atoms with E-state index in [2.05, 4.69) is 15.3 Å². The van der Waals surface area contributed by atoms with Crippen molar-refractivity contribution in [3.05, 3.63) is 84.3 Å². The smallest absolute Gasteiger partial charge is 0.268 e. The molecule has 2 aromatic heterocycles. The van der Waals surface area contributed by atoms with Crippen molar-refractivity contribution in [2.45, 2.75) is 6.54 Å². The number of carbonyl (C=O) groups is 1. The molecule has 0 saturated heterocycles. The summed E-state index contributed by atoms with van der Waals surface area (Å²) < 4.78 is 1.91. The van der Waals surface area contributed by atoms with Gasteiger partial charge in [0.25, 0.3) is 11.5 Å². The second kappa shape index (κ2) is 8.08. The van der Waals surface area contributed by atoms with E-state index >= 15 is 0 Å². The summed E-state index contributed by atoms with van der Waals surface area (Å²) >= 11 is 18.3. The molecule has 146 valence electrons. The number of aromatic amines is 1. The summed E-state index contributed by atoms with van der Waals surface area (Å²) in [5.41, 5.74) is 1.42. The lowest BCUT2D eigenvalue weighted by Crippen LogP contribution is -2.24. The Balaban J connectivity index is 1.65. The Morgan fingerprint density at radius 3 is 2.79 bits per heavy atom. The highest BCUT2D eigenvalue weighted by Crippen LogP contribution is 2.22. The van der Waals surface area contributed by atoms with Crippen LogP contribution in [0.25, 0.3) is 16.0 Å². The minimum Gasteiger partial charge on any atom is -0.348 e. The van der Waals surface area contributed by atoms with Crippen LogP contribution in [0.3, 0.4) is 0 Å². The van der Waals surface area contributed by atoms with Gasteiger partial charge in [-0.2, -0.15) is 0 Å². The van der Waals surface area contributed by atoms with E-state index in [-0.39, 0.29) is 16.2 Å². The lowest BCUT2D eigenvalue weighted by atomic mass is 10.1. The summed E-state index contributed by atoms with van der Waals surface area (Å²) in [4.78, 5) is 32.5. The number of hydrogen-bond acceptors (Lipinski definition) is 5. The summed E-state index contributed by atoms with van der Waals surface area (Å²) in [6.45, 7) is 0.333. The highest BCUT2D eigenvalue weighted by molar-refractivity contribution is 7.71. The van der Waals surface area contributed by atoms with E-state index in [0.717, 1.165) is 16.9 Å². The molecule has 4 aromatic rings. The second-order valence-corrected chi connectivity index (χ2v) is 8.55. The Bertz CT molecular complexity index is 1360. The Morgan fingerprint density at radius 2 is 2.07 bits per heavy atom. The highest BCUT2D eigenvalue weighted by Gasteiger charge is 2.13. The number of amides is 1. The van der Waals surface area contributed by atoms with Gasteiger partial charge in [0.1, 0.15) is 4.34 Å². The van der Waals surface area contributed by atoms with E-state index in [1.54, 1.807) is 30.3 Å². The van der Waals surface area contributed by atoms with Gasteiger partial charge in [0, 0.05) is 17.1 Å². The van der Waals surface area contributed by atoms with E-state index in [4.69, 9.17) is 35.4 Å². The summed E-state index contributed by atoms with van der Waals surface area (Å²) in [5, 5.41) is 4.20. The third-order valence-electron chi connectivity index (χ3n) is 4.16. The molecule has 6 nitrogen and oxygen atoms in total. The molecule has 0 atom stereocenters. The fourth-order valence-corrected chi connectivity index (χ4v) is 4.27. The van der Waals surface area contributed by atoms with Crippen LogP contribution in [0.1, 0.15) is 15.9 Å². The van der Waals surface area contributed by atoms with E-state index in [9.17, 15) is 9.59 Å². The first kappa shape index (κ1) is 19.8. The molecule has 0 aliphatic carbocycles. The topological polar surface area (TPSA) is 79.8 Å². The zero-order valence-electron chi connectivity index (χ0n) is 14.6. The maximum atomic E-state index is 12.9. The summed E-state index contributed by atoms with van der Waals surface area (Å²) in [6, 6.07) is 12.0. The Hall–Kier alpha value is -2.52. The molecule has 0 fully saturated rings. The van der Waals surface area contributed by atoms with Gasteiger partial charge in [-0.25, -0.2) is 9.55 Å². The number of carbonyl (C=O) groups excluding carboxylic acids is 1. The minimum atomic E-state index is -0.333. The fraction of sp³-hybridized carbons (Fsp3) is 0.0526. The maximum absolute atomic E-state index is 12.9. The number of aromatic nitrogens is 3. The van der Waals surface area contributed by atoms with E-state index in [1.165, 1.54) is 10.8 Å². The number of nitrogens with zero attached hydrogens (tertiary/aromatic N) is 2. The summed E-state index contributed by atoms with van der Waals surface area (Å²) in [5.74, 6) is -0.276. The molecule has 0 aliphatic rings. The van der Waals surface area contributed by atoms with Gasteiger partial charge in [0.05, 0.1) is 17.1 Å². The summed E-state index contributed by atoms with van der Waals surface area (Å²) in [7, 11) is 0. The molecule has 0 radical (unpaired) electrons.